The maximum absolute atomic E-state index is 12.9. The number of hydrogen-bond acceptors (Lipinski definition) is 4. The molecule has 0 aromatic heterocycles. The number of hydrogen-bond donors (Lipinski definition) is 1. The van der Waals surface area contributed by atoms with Crippen LogP contribution in [0.2, 0.25) is 5.02 Å². The number of nitrogens with one attached hydrogen (secondary N) is 1. The molecular formula is C20H23ClN2O4S. The van der Waals surface area contributed by atoms with Crippen molar-refractivity contribution in [1.82, 2.24) is 4.31 Å². The summed E-state index contributed by atoms with van der Waals surface area (Å²) in [5.74, 6) is -0.0614. The number of amides is 1. The smallest absolute Gasteiger partial charge is 0.255 e. The van der Waals surface area contributed by atoms with Gasteiger partial charge in [-0.2, -0.15) is 4.31 Å². The minimum Gasteiger partial charge on any atom is -0.379 e. The lowest BCUT2D eigenvalue weighted by molar-refractivity contribution is 0.0730. The van der Waals surface area contributed by atoms with E-state index in [4.69, 9.17) is 16.3 Å². The summed E-state index contributed by atoms with van der Waals surface area (Å²) in [5, 5.41) is 2.91. The maximum Gasteiger partial charge on any atom is 0.255 e. The number of carbonyl (C=O) groups excluding carboxylic acids is 1. The molecule has 28 heavy (non-hydrogen) atoms. The van der Waals surface area contributed by atoms with E-state index >= 15 is 0 Å². The number of rotatable bonds is 5. The number of sulfonamides is 1. The summed E-state index contributed by atoms with van der Waals surface area (Å²) in [4.78, 5) is 12.6. The SMILES string of the molecule is CC(C)c1cccc(NC(=O)c2ccc(Cl)c(S(=O)(=O)N3CCOCC3)c2)c1. The Morgan fingerprint density at radius 3 is 2.54 bits per heavy atom. The van der Waals surface area contributed by atoms with Crippen LogP contribution in [0.1, 0.15) is 35.7 Å². The fourth-order valence-electron chi connectivity index (χ4n) is 2.95. The Morgan fingerprint density at radius 1 is 1.14 bits per heavy atom. The number of nitrogens with zero attached hydrogens (tertiary/aromatic N) is 1. The van der Waals surface area contributed by atoms with E-state index in [0.717, 1.165) is 5.56 Å². The third-order valence-corrected chi connectivity index (χ3v) is 6.97. The normalized spacial score (nSPS) is 15.6. The van der Waals surface area contributed by atoms with Gasteiger partial charge in [0.05, 0.1) is 18.2 Å². The van der Waals surface area contributed by atoms with Gasteiger partial charge in [0.15, 0.2) is 0 Å². The van der Waals surface area contributed by atoms with Crippen LogP contribution in [0.15, 0.2) is 47.4 Å². The topological polar surface area (TPSA) is 75.7 Å². The standard InChI is InChI=1S/C20H23ClN2O4S/c1-14(2)15-4-3-5-17(12-15)22-20(24)16-6-7-18(21)19(13-16)28(25,26)23-8-10-27-11-9-23/h3-7,12-14H,8-11H2,1-2H3,(H,22,24). The Kier molecular flexibility index (Phi) is 6.40. The largest absolute Gasteiger partial charge is 0.379 e. The second-order valence-corrected chi connectivity index (χ2v) is 9.21. The highest BCUT2D eigenvalue weighted by Crippen LogP contribution is 2.27. The zero-order valence-electron chi connectivity index (χ0n) is 15.8. The molecule has 1 fully saturated rings. The van der Waals surface area contributed by atoms with Crippen LogP contribution in [-0.4, -0.2) is 44.9 Å². The van der Waals surface area contributed by atoms with Crippen molar-refractivity contribution < 1.29 is 17.9 Å². The van der Waals surface area contributed by atoms with Crippen LogP contribution in [0.3, 0.4) is 0 Å². The second-order valence-electron chi connectivity index (χ2n) is 6.90. The lowest BCUT2D eigenvalue weighted by Gasteiger charge is -2.26. The molecule has 1 saturated heterocycles. The summed E-state index contributed by atoms with van der Waals surface area (Å²) in [6, 6.07) is 11.9. The molecule has 3 rings (SSSR count). The fourth-order valence-corrected chi connectivity index (χ4v) is 4.86. The van der Waals surface area contributed by atoms with Gasteiger partial charge in [0.1, 0.15) is 4.90 Å². The van der Waals surface area contributed by atoms with Crippen LogP contribution in [0.25, 0.3) is 0 Å². The Hall–Kier alpha value is -1.93. The quantitative estimate of drug-likeness (QED) is 0.796. The Balaban J connectivity index is 1.86. The number of halogens is 1. The van der Waals surface area contributed by atoms with Crippen LogP contribution in [-0.2, 0) is 14.8 Å². The van der Waals surface area contributed by atoms with Crippen molar-refractivity contribution in [3.05, 3.63) is 58.6 Å². The molecule has 2 aromatic carbocycles. The van der Waals surface area contributed by atoms with Crippen LogP contribution < -0.4 is 5.32 Å². The summed E-state index contributed by atoms with van der Waals surface area (Å²) in [5.41, 5.74) is 1.99. The molecular weight excluding hydrogens is 400 g/mol. The molecule has 0 spiro atoms. The first-order chi connectivity index (χ1) is 13.3. The van der Waals surface area contributed by atoms with E-state index in [0.29, 0.717) is 24.8 Å². The average molecular weight is 423 g/mol. The van der Waals surface area contributed by atoms with Crippen molar-refractivity contribution in [2.24, 2.45) is 0 Å². The van der Waals surface area contributed by atoms with Gasteiger partial charge in [-0.1, -0.05) is 37.6 Å². The van der Waals surface area contributed by atoms with Crippen LogP contribution >= 0.6 is 11.6 Å². The first kappa shape index (κ1) is 20.8. The highest BCUT2D eigenvalue weighted by molar-refractivity contribution is 7.89. The molecule has 8 heteroatoms. The monoisotopic (exact) mass is 422 g/mol. The van der Waals surface area contributed by atoms with E-state index in [-0.39, 0.29) is 28.6 Å². The highest BCUT2D eigenvalue weighted by atomic mass is 35.5. The molecule has 0 bridgehead atoms. The second kappa shape index (κ2) is 8.61. The molecule has 0 saturated carbocycles. The van der Waals surface area contributed by atoms with E-state index in [2.05, 4.69) is 19.2 Å². The highest BCUT2D eigenvalue weighted by Gasteiger charge is 2.29. The molecule has 1 aliphatic rings. The van der Waals surface area contributed by atoms with E-state index in [1.807, 2.05) is 18.2 Å². The lowest BCUT2D eigenvalue weighted by Crippen LogP contribution is -2.40. The molecule has 2 aromatic rings. The first-order valence-corrected chi connectivity index (χ1v) is 10.9. The molecule has 1 amide bonds. The summed E-state index contributed by atoms with van der Waals surface area (Å²) in [7, 11) is -3.80. The molecule has 6 nitrogen and oxygen atoms in total. The molecule has 1 aliphatic heterocycles. The zero-order valence-corrected chi connectivity index (χ0v) is 17.4. The first-order valence-electron chi connectivity index (χ1n) is 9.08. The number of morpholine rings is 1. The van der Waals surface area contributed by atoms with Gasteiger partial charge in [-0.05, 0) is 41.8 Å². The van der Waals surface area contributed by atoms with Crippen molar-refractivity contribution >= 4 is 33.2 Å². The third-order valence-electron chi connectivity index (χ3n) is 4.59. The third kappa shape index (κ3) is 4.55. The Morgan fingerprint density at radius 2 is 1.86 bits per heavy atom. The van der Waals surface area contributed by atoms with Crippen LogP contribution in [0.5, 0.6) is 0 Å². The number of ether oxygens (including phenoxy) is 1. The molecule has 150 valence electrons. The van der Waals surface area contributed by atoms with Crippen molar-refractivity contribution in [3.63, 3.8) is 0 Å². The Bertz CT molecular complexity index is 970. The lowest BCUT2D eigenvalue weighted by atomic mass is 10.0. The Labute approximate surface area is 170 Å². The molecule has 1 heterocycles. The summed E-state index contributed by atoms with van der Waals surface area (Å²) in [6.45, 7) is 5.34. The van der Waals surface area contributed by atoms with Crippen LogP contribution in [0, 0.1) is 0 Å². The van der Waals surface area contributed by atoms with Crippen molar-refractivity contribution in [3.8, 4) is 0 Å². The molecule has 0 atom stereocenters. The predicted octanol–water partition coefficient (Wildman–Crippen LogP) is 3.74. The van der Waals surface area contributed by atoms with Crippen molar-refractivity contribution in [1.29, 1.82) is 0 Å². The molecule has 0 aliphatic carbocycles. The zero-order chi connectivity index (χ0) is 20.3. The minimum absolute atomic E-state index is 0.0698. The summed E-state index contributed by atoms with van der Waals surface area (Å²) < 4.78 is 32.4. The predicted molar refractivity (Wildman–Crippen MR) is 110 cm³/mol. The number of carbonyl (C=O) groups is 1. The van der Waals surface area contributed by atoms with E-state index in [1.54, 1.807) is 6.07 Å². The number of anilines is 1. The van der Waals surface area contributed by atoms with Gasteiger partial charge in [0.25, 0.3) is 5.91 Å². The van der Waals surface area contributed by atoms with Gasteiger partial charge in [0.2, 0.25) is 10.0 Å². The van der Waals surface area contributed by atoms with Gasteiger partial charge < -0.3 is 10.1 Å². The van der Waals surface area contributed by atoms with E-state index in [9.17, 15) is 13.2 Å². The fraction of sp³-hybridized carbons (Fsp3) is 0.350. The van der Waals surface area contributed by atoms with Gasteiger partial charge in [-0.3, -0.25) is 4.79 Å². The van der Waals surface area contributed by atoms with Gasteiger partial charge >= 0.3 is 0 Å². The van der Waals surface area contributed by atoms with Gasteiger partial charge in [-0.25, -0.2) is 8.42 Å². The van der Waals surface area contributed by atoms with Crippen LogP contribution in [0.4, 0.5) is 5.69 Å². The average Bonchev–Trinajstić information content (AvgIpc) is 2.69. The van der Waals surface area contributed by atoms with Gasteiger partial charge in [-0.15, -0.1) is 0 Å². The number of benzene rings is 2. The maximum atomic E-state index is 12.9. The van der Waals surface area contributed by atoms with Gasteiger partial charge in [0, 0.05) is 24.3 Å². The minimum atomic E-state index is -3.80. The molecule has 0 radical (unpaired) electrons. The van der Waals surface area contributed by atoms with Crippen molar-refractivity contribution in [2.75, 3.05) is 31.6 Å². The molecule has 0 unspecified atom stereocenters. The summed E-state index contributed by atoms with van der Waals surface area (Å²) >= 11 is 6.15. The molecule has 1 N–H and O–H groups in total. The summed E-state index contributed by atoms with van der Waals surface area (Å²) in [6.07, 6.45) is 0. The van der Waals surface area contributed by atoms with E-state index in [1.165, 1.54) is 22.5 Å². The van der Waals surface area contributed by atoms with E-state index < -0.39 is 15.9 Å². The van der Waals surface area contributed by atoms with Crippen molar-refractivity contribution in [2.45, 2.75) is 24.7 Å².